The van der Waals surface area contributed by atoms with E-state index in [1.807, 2.05) is 61.2 Å². The number of carbonyl (C=O) groups excluding carboxylic acids is 1. The highest BCUT2D eigenvalue weighted by molar-refractivity contribution is 5.94. The Labute approximate surface area is 171 Å². The van der Waals surface area contributed by atoms with Crippen molar-refractivity contribution in [1.29, 1.82) is 0 Å². The predicted octanol–water partition coefficient (Wildman–Crippen LogP) is 3.82. The van der Waals surface area contributed by atoms with Crippen molar-refractivity contribution in [2.45, 2.75) is 26.3 Å². The van der Waals surface area contributed by atoms with Gasteiger partial charge in [0.25, 0.3) is 5.91 Å². The first-order valence-electron chi connectivity index (χ1n) is 10.1. The molecule has 150 valence electrons. The molecular formula is C23H26N4O2. The second kappa shape index (κ2) is 8.57. The summed E-state index contributed by atoms with van der Waals surface area (Å²) in [5.41, 5.74) is 3.01. The molecule has 1 aromatic heterocycles. The maximum atomic E-state index is 12.9. The molecule has 0 saturated carbocycles. The van der Waals surface area contributed by atoms with Gasteiger partial charge in [-0.25, -0.2) is 0 Å². The van der Waals surface area contributed by atoms with Gasteiger partial charge in [-0.2, -0.15) is 0 Å². The normalized spacial score (nSPS) is 15.1. The minimum absolute atomic E-state index is 0.0872. The fraction of sp³-hybridized carbons (Fsp3) is 0.348. The van der Waals surface area contributed by atoms with Gasteiger partial charge in [-0.1, -0.05) is 56.3 Å². The first-order chi connectivity index (χ1) is 14.1. The standard InChI is InChI=1S/C23H26N4O2/c1-17(2)22-25-24-21(29-22)16-26-12-14-27(15-13-26)23(28)20-10-8-19(9-11-20)18-6-4-3-5-7-18/h3-11,17H,12-16H2,1-2H3. The number of benzene rings is 2. The predicted molar refractivity (Wildman–Crippen MR) is 111 cm³/mol. The van der Waals surface area contributed by atoms with Crippen LogP contribution in [-0.4, -0.2) is 52.1 Å². The Bertz CT molecular complexity index is 943. The van der Waals surface area contributed by atoms with Gasteiger partial charge in [0.2, 0.25) is 11.8 Å². The van der Waals surface area contributed by atoms with Crippen LogP contribution in [0, 0.1) is 0 Å². The van der Waals surface area contributed by atoms with Crippen LogP contribution in [0.4, 0.5) is 0 Å². The molecule has 0 aliphatic carbocycles. The summed E-state index contributed by atoms with van der Waals surface area (Å²) < 4.78 is 5.69. The first kappa shape index (κ1) is 19.3. The summed E-state index contributed by atoms with van der Waals surface area (Å²) in [6, 6.07) is 18.1. The lowest BCUT2D eigenvalue weighted by Gasteiger charge is -2.34. The third kappa shape index (κ3) is 4.54. The van der Waals surface area contributed by atoms with Crippen LogP contribution in [0.5, 0.6) is 0 Å². The number of aromatic nitrogens is 2. The van der Waals surface area contributed by atoms with Crippen LogP contribution in [0.25, 0.3) is 11.1 Å². The van der Waals surface area contributed by atoms with Crippen LogP contribution in [-0.2, 0) is 6.54 Å². The molecule has 0 atom stereocenters. The minimum atomic E-state index is 0.0872. The van der Waals surface area contributed by atoms with E-state index in [9.17, 15) is 4.79 Å². The highest BCUT2D eigenvalue weighted by Gasteiger charge is 2.23. The Hall–Kier alpha value is -2.99. The molecule has 3 aromatic rings. The molecule has 1 fully saturated rings. The number of amides is 1. The van der Waals surface area contributed by atoms with E-state index in [1.54, 1.807) is 0 Å². The fourth-order valence-corrected chi connectivity index (χ4v) is 3.48. The van der Waals surface area contributed by atoms with E-state index in [-0.39, 0.29) is 11.8 Å². The zero-order valence-electron chi connectivity index (χ0n) is 16.9. The van der Waals surface area contributed by atoms with Gasteiger partial charge in [-0.15, -0.1) is 10.2 Å². The van der Waals surface area contributed by atoms with E-state index in [0.29, 0.717) is 31.4 Å². The Kier molecular flexibility index (Phi) is 5.71. The zero-order chi connectivity index (χ0) is 20.2. The molecule has 1 amide bonds. The maximum absolute atomic E-state index is 12.9. The summed E-state index contributed by atoms with van der Waals surface area (Å²) in [4.78, 5) is 17.0. The number of nitrogens with zero attached hydrogens (tertiary/aromatic N) is 4. The minimum Gasteiger partial charge on any atom is -0.424 e. The maximum Gasteiger partial charge on any atom is 0.253 e. The molecule has 0 radical (unpaired) electrons. The molecule has 1 aliphatic heterocycles. The summed E-state index contributed by atoms with van der Waals surface area (Å²) in [7, 11) is 0. The molecule has 2 heterocycles. The van der Waals surface area contributed by atoms with Gasteiger partial charge in [0.1, 0.15) is 0 Å². The van der Waals surface area contributed by atoms with Gasteiger partial charge in [0.15, 0.2) is 0 Å². The van der Waals surface area contributed by atoms with Crippen LogP contribution in [0.3, 0.4) is 0 Å². The fourth-order valence-electron chi connectivity index (χ4n) is 3.48. The van der Waals surface area contributed by atoms with Crippen molar-refractivity contribution in [2.24, 2.45) is 0 Å². The third-order valence-electron chi connectivity index (χ3n) is 5.23. The van der Waals surface area contributed by atoms with Crippen LogP contribution in [0.1, 0.15) is 41.9 Å². The van der Waals surface area contributed by atoms with Crippen LogP contribution in [0.15, 0.2) is 59.0 Å². The van der Waals surface area contributed by atoms with Gasteiger partial charge in [-0.05, 0) is 23.3 Å². The third-order valence-corrected chi connectivity index (χ3v) is 5.23. The molecule has 0 N–H and O–H groups in total. The Balaban J connectivity index is 1.32. The largest absolute Gasteiger partial charge is 0.424 e. The number of hydrogen-bond donors (Lipinski definition) is 0. The van der Waals surface area contributed by atoms with Crippen molar-refractivity contribution in [3.05, 3.63) is 71.9 Å². The SMILES string of the molecule is CC(C)c1nnc(CN2CCN(C(=O)c3ccc(-c4ccccc4)cc3)CC2)o1. The van der Waals surface area contributed by atoms with E-state index in [1.165, 1.54) is 0 Å². The molecular weight excluding hydrogens is 364 g/mol. The van der Waals surface area contributed by atoms with Crippen molar-refractivity contribution in [3.63, 3.8) is 0 Å². The molecule has 29 heavy (non-hydrogen) atoms. The quantitative estimate of drug-likeness (QED) is 0.663. The highest BCUT2D eigenvalue weighted by atomic mass is 16.4. The molecule has 0 unspecified atom stereocenters. The molecule has 0 bridgehead atoms. The number of carbonyl (C=O) groups is 1. The summed E-state index contributed by atoms with van der Waals surface area (Å²) in [5.74, 6) is 1.64. The Morgan fingerprint density at radius 1 is 0.931 bits per heavy atom. The van der Waals surface area contributed by atoms with Gasteiger partial charge >= 0.3 is 0 Å². The molecule has 0 spiro atoms. The second-order valence-corrected chi connectivity index (χ2v) is 7.70. The van der Waals surface area contributed by atoms with Gasteiger partial charge in [0.05, 0.1) is 6.54 Å². The van der Waals surface area contributed by atoms with Crippen LogP contribution >= 0.6 is 0 Å². The van der Waals surface area contributed by atoms with Crippen LogP contribution in [0.2, 0.25) is 0 Å². The first-order valence-corrected chi connectivity index (χ1v) is 10.1. The van der Waals surface area contributed by atoms with E-state index in [4.69, 9.17) is 4.42 Å². The van der Waals surface area contributed by atoms with E-state index in [2.05, 4.69) is 27.2 Å². The second-order valence-electron chi connectivity index (χ2n) is 7.70. The highest BCUT2D eigenvalue weighted by Crippen LogP contribution is 2.20. The number of rotatable bonds is 5. The van der Waals surface area contributed by atoms with E-state index < -0.39 is 0 Å². The van der Waals surface area contributed by atoms with E-state index in [0.717, 1.165) is 29.8 Å². The lowest BCUT2D eigenvalue weighted by molar-refractivity contribution is 0.0617. The van der Waals surface area contributed by atoms with E-state index >= 15 is 0 Å². The molecule has 4 rings (SSSR count). The molecule has 6 heteroatoms. The molecule has 1 saturated heterocycles. The summed E-state index contributed by atoms with van der Waals surface area (Å²) >= 11 is 0. The Morgan fingerprint density at radius 2 is 1.59 bits per heavy atom. The molecule has 6 nitrogen and oxygen atoms in total. The van der Waals surface area contributed by atoms with Crippen LogP contribution < -0.4 is 0 Å². The van der Waals surface area contributed by atoms with Crippen molar-refractivity contribution in [2.75, 3.05) is 26.2 Å². The summed E-state index contributed by atoms with van der Waals surface area (Å²) in [6.07, 6.45) is 0. The monoisotopic (exact) mass is 390 g/mol. The average molecular weight is 390 g/mol. The smallest absolute Gasteiger partial charge is 0.253 e. The van der Waals surface area contributed by atoms with Crippen molar-refractivity contribution < 1.29 is 9.21 Å². The summed E-state index contributed by atoms with van der Waals surface area (Å²) in [6.45, 7) is 7.70. The lowest BCUT2D eigenvalue weighted by atomic mass is 10.0. The van der Waals surface area contributed by atoms with Crippen molar-refractivity contribution in [3.8, 4) is 11.1 Å². The molecule has 1 aliphatic rings. The summed E-state index contributed by atoms with van der Waals surface area (Å²) in [5, 5.41) is 8.21. The number of hydrogen-bond acceptors (Lipinski definition) is 5. The average Bonchev–Trinajstić information content (AvgIpc) is 3.23. The topological polar surface area (TPSA) is 62.5 Å². The lowest BCUT2D eigenvalue weighted by Crippen LogP contribution is -2.48. The zero-order valence-corrected chi connectivity index (χ0v) is 16.9. The number of piperazine rings is 1. The Morgan fingerprint density at radius 3 is 2.21 bits per heavy atom. The van der Waals surface area contributed by atoms with Gasteiger partial charge < -0.3 is 9.32 Å². The van der Waals surface area contributed by atoms with Crippen molar-refractivity contribution >= 4 is 5.91 Å². The molecule has 2 aromatic carbocycles. The van der Waals surface area contributed by atoms with Crippen molar-refractivity contribution in [1.82, 2.24) is 20.0 Å². The van der Waals surface area contributed by atoms with Gasteiger partial charge in [0, 0.05) is 37.7 Å². The van der Waals surface area contributed by atoms with Gasteiger partial charge in [-0.3, -0.25) is 9.69 Å².